The highest BCUT2D eigenvalue weighted by atomic mass is 32.1. The fourth-order valence-corrected chi connectivity index (χ4v) is 3.77. The third-order valence-electron chi connectivity index (χ3n) is 4.68. The zero-order valence-corrected chi connectivity index (χ0v) is 16.8. The van der Waals surface area contributed by atoms with Crippen LogP contribution in [-0.2, 0) is 4.79 Å². The van der Waals surface area contributed by atoms with Gasteiger partial charge in [0.15, 0.2) is 0 Å². The number of carbonyl (C=O) groups is 1. The lowest BCUT2D eigenvalue weighted by molar-refractivity contribution is -0.134. The van der Waals surface area contributed by atoms with E-state index in [1.54, 1.807) is 11.3 Å². The van der Waals surface area contributed by atoms with Crippen LogP contribution in [0.5, 0.6) is 0 Å². The fourth-order valence-electron chi connectivity index (χ4n) is 2.93. The predicted octanol–water partition coefficient (Wildman–Crippen LogP) is 3.80. The number of anilines is 2. The van der Waals surface area contributed by atoms with Crippen LogP contribution in [0.1, 0.15) is 34.1 Å². The summed E-state index contributed by atoms with van der Waals surface area (Å²) in [6.07, 6.45) is 0.924. The summed E-state index contributed by atoms with van der Waals surface area (Å²) in [7, 11) is 0. The van der Waals surface area contributed by atoms with Crippen molar-refractivity contribution >= 4 is 44.0 Å². The quantitative estimate of drug-likeness (QED) is 0.640. The first-order valence-electron chi connectivity index (χ1n) is 9.21. The molecule has 2 heterocycles. The van der Waals surface area contributed by atoms with E-state index in [4.69, 9.17) is 0 Å². The van der Waals surface area contributed by atoms with E-state index in [0.717, 1.165) is 53.7 Å². The van der Waals surface area contributed by atoms with Gasteiger partial charge in [-0.05, 0) is 31.5 Å². The van der Waals surface area contributed by atoms with E-state index in [9.17, 15) is 4.79 Å². The van der Waals surface area contributed by atoms with E-state index < -0.39 is 0 Å². The van der Waals surface area contributed by atoms with E-state index in [0.29, 0.717) is 0 Å². The van der Waals surface area contributed by atoms with Gasteiger partial charge in [0.05, 0.1) is 10.2 Å². The van der Waals surface area contributed by atoms with Gasteiger partial charge < -0.3 is 9.80 Å². The van der Waals surface area contributed by atoms with E-state index in [2.05, 4.69) is 45.5 Å². The Balaban J connectivity index is 1.69. The van der Waals surface area contributed by atoms with Crippen LogP contribution in [0.15, 0.2) is 23.3 Å². The van der Waals surface area contributed by atoms with E-state index in [1.165, 1.54) is 5.69 Å². The Morgan fingerprint density at radius 2 is 2.04 bits per heavy atom. The van der Waals surface area contributed by atoms with Crippen molar-refractivity contribution < 1.29 is 4.79 Å². The Morgan fingerprint density at radius 1 is 1.31 bits per heavy atom. The highest BCUT2D eigenvalue weighted by molar-refractivity contribution is 7.22. The molecule has 0 bridgehead atoms. The molecule has 2 aromatic rings. The Kier molecular flexibility index (Phi) is 5.76. The summed E-state index contributed by atoms with van der Waals surface area (Å²) >= 11 is 1.62. The molecule has 26 heavy (non-hydrogen) atoms. The average molecular weight is 374 g/mol. The van der Waals surface area contributed by atoms with Crippen LogP contribution >= 0.6 is 11.3 Å². The Morgan fingerprint density at radius 3 is 2.69 bits per heavy atom. The number of hydrogen-bond acceptors (Lipinski definition) is 6. The Bertz CT molecular complexity index is 805. The molecule has 6 nitrogen and oxygen atoms in total. The van der Waals surface area contributed by atoms with Gasteiger partial charge in [0.1, 0.15) is 0 Å². The number of thiazole rings is 1. The first kappa shape index (κ1) is 18.6. The first-order valence-corrected chi connectivity index (χ1v) is 10.0. The highest BCUT2D eigenvalue weighted by Crippen LogP contribution is 2.30. The van der Waals surface area contributed by atoms with Crippen molar-refractivity contribution in [2.24, 2.45) is 11.0 Å². The molecule has 1 fully saturated rings. The number of nitrogens with one attached hydrogen (secondary N) is 1. The number of piperazine rings is 1. The fraction of sp³-hybridized carbons (Fsp3) is 0.526. The Labute approximate surface area is 158 Å². The van der Waals surface area contributed by atoms with E-state index in [1.807, 2.05) is 25.7 Å². The van der Waals surface area contributed by atoms with Gasteiger partial charge in [-0.2, -0.15) is 5.10 Å². The predicted molar refractivity (Wildman–Crippen MR) is 110 cm³/mol. The van der Waals surface area contributed by atoms with Gasteiger partial charge >= 0.3 is 0 Å². The maximum Gasteiger partial charge on any atom is 0.225 e. The maximum absolute atomic E-state index is 12.1. The molecule has 0 atom stereocenters. The molecule has 1 amide bonds. The van der Waals surface area contributed by atoms with E-state index >= 15 is 0 Å². The first-order chi connectivity index (χ1) is 12.5. The molecule has 1 saturated heterocycles. The SMILES string of the molecule is CC/C(C)=N/Nc1nc2ccc(N3CCN(C(=O)C(C)C)CC3)cc2s1. The van der Waals surface area contributed by atoms with Crippen LogP contribution in [0.2, 0.25) is 0 Å². The normalized spacial score (nSPS) is 15.8. The number of rotatable bonds is 5. The minimum absolute atomic E-state index is 0.0695. The maximum atomic E-state index is 12.1. The number of carbonyl (C=O) groups excluding carboxylic acids is 1. The largest absolute Gasteiger partial charge is 0.368 e. The summed E-state index contributed by atoms with van der Waals surface area (Å²) in [6, 6.07) is 6.37. The number of fused-ring (bicyclic) bond motifs is 1. The topological polar surface area (TPSA) is 60.8 Å². The van der Waals surface area contributed by atoms with Crippen molar-refractivity contribution in [1.29, 1.82) is 0 Å². The molecule has 1 aromatic heterocycles. The highest BCUT2D eigenvalue weighted by Gasteiger charge is 2.23. The van der Waals surface area contributed by atoms with Gasteiger partial charge in [-0.3, -0.25) is 10.2 Å². The number of amides is 1. The summed E-state index contributed by atoms with van der Waals surface area (Å²) in [5, 5.41) is 5.14. The van der Waals surface area contributed by atoms with Crippen LogP contribution in [0, 0.1) is 5.92 Å². The average Bonchev–Trinajstić information content (AvgIpc) is 3.07. The van der Waals surface area contributed by atoms with Crippen molar-refractivity contribution in [3.8, 4) is 0 Å². The summed E-state index contributed by atoms with van der Waals surface area (Å²) in [5.74, 6) is 0.321. The number of hydrazone groups is 1. The number of aromatic nitrogens is 1. The van der Waals surface area contributed by atoms with Crippen molar-refractivity contribution in [2.45, 2.75) is 34.1 Å². The molecule has 1 aliphatic rings. The van der Waals surface area contributed by atoms with Crippen molar-refractivity contribution in [2.75, 3.05) is 36.5 Å². The van der Waals surface area contributed by atoms with Gasteiger partial charge in [0.25, 0.3) is 0 Å². The van der Waals surface area contributed by atoms with Gasteiger partial charge in [0.2, 0.25) is 11.0 Å². The molecule has 1 aliphatic heterocycles. The second kappa shape index (κ2) is 8.03. The third-order valence-corrected chi connectivity index (χ3v) is 5.60. The lowest BCUT2D eigenvalue weighted by Gasteiger charge is -2.36. The molecular formula is C19H27N5OS. The number of hydrogen-bond donors (Lipinski definition) is 1. The molecule has 1 N–H and O–H groups in total. The number of nitrogens with zero attached hydrogens (tertiary/aromatic N) is 4. The summed E-state index contributed by atoms with van der Waals surface area (Å²) in [4.78, 5) is 21.0. The van der Waals surface area contributed by atoms with Gasteiger partial charge in [0, 0.05) is 43.5 Å². The minimum atomic E-state index is 0.0695. The molecule has 0 spiro atoms. The Hall–Kier alpha value is -2.15. The summed E-state index contributed by atoms with van der Waals surface area (Å²) in [5.41, 5.74) is 6.28. The summed E-state index contributed by atoms with van der Waals surface area (Å²) in [6.45, 7) is 11.3. The molecule has 3 rings (SSSR count). The van der Waals surface area contributed by atoms with E-state index in [-0.39, 0.29) is 11.8 Å². The molecule has 0 unspecified atom stereocenters. The second-order valence-electron chi connectivity index (χ2n) is 6.95. The lowest BCUT2D eigenvalue weighted by Crippen LogP contribution is -2.49. The monoisotopic (exact) mass is 373 g/mol. The van der Waals surface area contributed by atoms with Crippen LogP contribution in [0.4, 0.5) is 10.8 Å². The van der Waals surface area contributed by atoms with Crippen molar-refractivity contribution in [3.05, 3.63) is 18.2 Å². The van der Waals surface area contributed by atoms with Gasteiger partial charge in [-0.15, -0.1) is 0 Å². The zero-order valence-electron chi connectivity index (χ0n) is 16.0. The molecule has 140 valence electrons. The molecule has 7 heteroatoms. The lowest BCUT2D eigenvalue weighted by atomic mass is 10.1. The van der Waals surface area contributed by atoms with Crippen LogP contribution < -0.4 is 10.3 Å². The van der Waals surface area contributed by atoms with Crippen LogP contribution in [0.25, 0.3) is 10.2 Å². The summed E-state index contributed by atoms with van der Waals surface area (Å²) < 4.78 is 1.15. The van der Waals surface area contributed by atoms with Crippen molar-refractivity contribution in [3.63, 3.8) is 0 Å². The van der Waals surface area contributed by atoms with Crippen LogP contribution in [-0.4, -0.2) is 47.7 Å². The second-order valence-corrected chi connectivity index (χ2v) is 7.98. The molecule has 0 radical (unpaired) electrons. The van der Waals surface area contributed by atoms with Gasteiger partial charge in [-0.1, -0.05) is 32.1 Å². The van der Waals surface area contributed by atoms with Gasteiger partial charge in [-0.25, -0.2) is 4.98 Å². The zero-order chi connectivity index (χ0) is 18.7. The number of benzene rings is 1. The third kappa shape index (κ3) is 4.15. The molecular weight excluding hydrogens is 346 g/mol. The van der Waals surface area contributed by atoms with Crippen LogP contribution in [0.3, 0.4) is 0 Å². The standard InChI is InChI=1S/C19H27N5OS/c1-5-14(4)21-22-19-20-16-7-6-15(12-17(16)26-19)23-8-10-24(11-9-23)18(25)13(2)3/h6-7,12-13H,5,8-11H2,1-4H3,(H,20,22)/b21-14+. The molecule has 1 aromatic carbocycles. The van der Waals surface area contributed by atoms with Crippen molar-refractivity contribution in [1.82, 2.24) is 9.88 Å². The smallest absolute Gasteiger partial charge is 0.225 e. The minimum Gasteiger partial charge on any atom is -0.368 e. The molecule has 0 aliphatic carbocycles. The molecule has 0 saturated carbocycles.